The van der Waals surface area contributed by atoms with E-state index >= 15 is 0 Å². The van der Waals surface area contributed by atoms with Gasteiger partial charge in [-0.3, -0.25) is 0 Å². The van der Waals surface area contributed by atoms with E-state index in [0.717, 1.165) is 18.7 Å². The second kappa shape index (κ2) is 6.17. The van der Waals surface area contributed by atoms with Crippen LogP contribution in [0.4, 0.5) is 0 Å². The first-order valence-corrected chi connectivity index (χ1v) is 5.32. The van der Waals surface area contributed by atoms with Gasteiger partial charge in [0.2, 0.25) is 0 Å². The van der Waals surface area contributed by atoms with E-state index in [1.54, 1.807) is 0 Å². The Morgan fingerprint density at radius 1 is 1.64 bits per heavy atom. The lowest BCUT2D eigenvalue weighted by atomic mass is 10.3. The molecule has 0 aromatic carbocycles. The van der Waals surface area contributed by atoms with Crippen LogP contribution in [-0.4, -0.2) is 50.8 Å². The standard InChI is InChI=1S/C11H22N2O/c1-10(2)9-14-7-5-12-11-4-6-13(3)8-11/h11-12H,1,4-9H2,2-3H3. The predicted molar refractivity (Wildman–Crippen MR) is 59.5 cm³/mol. The summed E-state index contributed by atoms with van der Waals surface area (Å²) in [6.07, 6.45) is 1.26. The van der Waals surface area contributed by atoms with E-state index in [9.17, 15) is 0 Å². The lowest BCUT2D eigenvalue weighted by molar-refractivity contribution is 0.155. The van der Waals surface area contributed by atoms with Gasteiger partial charge in [-0.05, 0) is 26.9 Å². The van der Waals surface area contributed by atoms with Crippen molar-refractivity contribution in [2.75, 3.05) is 39.9 Å². The van der Waals surface area contributed by atoms with Gasteiger partial charge in [-0.2, -0.15) is 0 Å². The average molecular weight is 198 g/mol. The molecule has 0 spiro atoms. The summed E-state index contributed by atoms with van der Waals surface area (Å²) in [4.78, 5) is 2.35. The van der Waals surface area contributed by atoms with E-state index in [0.29, 0.717) is 12.6 Å². The number of likely N-dealkylation sites (tertiary alicyclic amines) is 1. The molecule has 0 saturated carbocycles. The van der Waals surface area contributed by atoms with Crippen molar-refractivity contribution in [3.05, 3.63) is 12.2 Å². The molecule has 0 aromatic heterocycles. The predicted octanol–water partition coefficient (Wildman–Crippen LogP) is 0.873. The molecule has 3 nitrogen and oxygen atoms in total. The molecule has 14 heavy (non-hydrogen) atoms. The van der Waals surface area contributed by atoms with Crippen LogP contribution < -0.4 is 5.32 Å². The van der Waals surface area contributed by atoms with Crippen molar-refractivity contribution in [1.82, 2.24) is 10.2 Å². The van der Waals surface area contributed by atoms with Crippen LogP contribution in [0, 0.1) is 0 Å². The summed E-state index contributed by atoms with van der Waals surface area (Å²) in [5.74, 6) is 0. The molecule has 1 heterocycles. The first-order chi connectivity index (χ1) is 6.68. The zero-order chi connectivity index (χ0) is 10.4. The molecule has 1 aliphatic rings. The minimum Gasteiger partial charge on any atom is -0.376 e. The first-order valence-electron chi connectivity index (χ1n) is 5.32. The minimum atomic E-state index is 0.661. The molecule has 1 unspecified atom stereocenters. The SMILES string of the molecule is C=C(C)COCCNC1CCN(C)C1. The molecule has 0 radical (unpaired) electrons. The fourth-order valence-electron chi connectivity index (χ4n) is 1.68. The lowest BCUT2D eigenvalue weighted by Gasteiger charge is -2.12. The van der Waals surface area contributed by atoms with Crippen LogP contribution in [-0.2, 0) is 4.74 Å². The molecule has 3 heteroatoms. The molecule has 1 aliphatic heterocycles. The van der Waals surface area contributed by atoms with E-state index in [1.165, 1.54) is 19.5 Å². The smallest absolute Gasteiger partial charge is 0.0672 e. The molecule has 0 bridgehead atoms. The topological polar surface area (TPSA) is 24.5 Å². The Balaban J connectivity index is 1.91. The largest absolute Gasteiger partial charge is 0.376 e. The number of nitrogens with one attached hydrogen (secondary N) is 1. The van der Waals surface area contributed by atoms with Crippen molar-refractivity contribution >= 4 is 0 Å². The van der Waals surface area contributed by atoms with Crippen LogP contribution in [0.25, 0.3) is 0 Å². The highest BCUT2D eigenvalue weighted by Crippen LogP contribution is 2.05. The number of ether oxygens (including phenoxy) is 1. The van der Waals surface area contributed by atoms with E-state index in [1.807, 2.05) is 6.92 Å². The number of likely N-dealkylation sites (N-methyl/N-ethyl adjacent to an activating group) is 1. The molecule has 0 amide bonds. The second-order valence-electron chi connectivity index (χ2n) is 4.21. The van der Waals surface area contributed by atoms with Crippen LogP contribution in [0.5, 0.6) is 0 Å². The number of hydrogen-bond acceptors (Lipinski definition) is 3. The number of hydrogen-bond donors (Lipinski definition) is 1. The summed E-state index contributed by atoms with van der Waals surface area (Å²) in [6.45, 7) is 10.6. The zero-order valence-corrected chi connectivity index (χ0v) is 9.38. The maximum absolute atomic E-state index is 5.41. The Labute approximate surface area is 87.1 Å². The monoisotopic (exact) mass is 198 g/mol. The van der Waals surface area contributed by atoms with E-state index in [-0.39, 0.29) is 0 Å². The third-order valence-corrected chi connectivity index (χ3v) is 2.42. The number of rotatable bonds is 6. The van der Waals surface area contributed by atoms with Gasteiger partial charge in [0.05, 0.1) is 13.2 Å². The van der Waals surface area contributed by atoms with Crippen molar-refractivity contribution in [3.63, 3.8) is 0 Å². The van der Waals surface area contributed by atoms with Gasteiger partial charge >= 0.3 is 0 Å². The first kappa shape index (κ1) is 11.7. The Morgan fingerprint density at radius 2 is 2.43 bits per heavy atom. The molecule has 1 N–H and O–H groups in total. The van der Waals surface area contributed by atoms with E-state index in [2.05, 4.69) is 23.8 Å². The summed E-state index contributed by atoms with van der Waals surface area (Å²) in [6, 6.07) is 0.661. The minimum absolute atomic E-state index is 0.661. The lowest BCUT2D eigenvalue weighted by Crippen LogP contribution is -2.33. The molecular formula is C11H22N2O. The summed E-state index contributed by atoms with van der Waals surface area (Å²) in [5, 5.41) is 3.49. The van der Waals surface area contributed by atoms with Gasteiger partial charge in [-0.15, -0.1) is 0 Å². The second-order valence-corrected chi connectivity index (χ2v) is 4.21. The molecule has 82 valence electrons. The van der Waals surface area contributed by atoms with Gasteiger partial charge in [0.25, 0.3) is 0 Å². The molecule has 0 aromatic rings. The highest BCUT2D eigenvalue weighted by atomic mass is 16.5. The quantitative estimate of drug-likeness (QED) is 0.506. The molecule has 0 aliphatic carbocycles. The maximum Gasteiger partial charge on any atom is 0.0672 e. The Morgan fingerprint density at radius 3 is 3.00 bits per heavy atom. The maximum atomic E-state index is 5.41. The van der Waals surface area contributed by atoms with Crippen molar-refractivity contribution in [2.45, 2.75) is 19.4 Å². The van der Waals surface area contributed by atoms with Crippen LogP contribution in [0.2, 0.25) is 0 Å². The van der Waals surface area contributed by atoms with Crippen LogP contribution in [0.3, 0.4) is 0 Å². The third-order valence-electron chi connectivity index (χ3n) is 2.42. The van der Waals surface area contributed by atoms with Crippen molar-refractivity contribution < 1.29 is 4.74 Å². The Hall–Kier alpha value is -0.380. The van der Waals surface area contributed by atoms with E-state index < -0.39 is 0 Å². The van der Waals surface area contributed by atoms with Gasteiger partial charge in [0, 0.05) is 19.1 Å². The summed E-state index contributed by atoms with van der Waals surface area (Å²) >= 11 is 0. The van der Waals surface area contributed by atoms with E-state index in [4.69, 9.17) is 4.74 Å². The highest BCUT2D eigenvalue weighted by Gasteiger charge is 2.17. The Bertz CT molecular complexity index is 182. The molecule has 1 saturated heterocycles. The van der Waals surface area contributed by atoms with Gasteiger partial charge < -0.3 is 15.0 Å². The third kappa shape index (κ3) is 4.74. The average Bonchev–Trinajstić information content (AvgIpc) is 2.50. The van der Waals surface area contributed by atoms with Crippen molar-refractivity contribution in [3.8, 4) is 0 Å². The molecule has 1 fully saturated rings. The fraction of sp³-hybridized carbons (Fsp3) is 0.818. The van der Waals surface area contributed by atoms with Crippen LogP contribution in [0.1, 0.15) is 13.3 Å². The number of nitrogens with zero attached hydrogens (tertiary/aromatic N) is 1. The van der Waals surface area contributed by atoms with Gasteiger partial charge in [0.1, 0.15) is 0 Å². The molecular weight excluding hydrogens is 176 g/mol. The highest BCUT2D eigenvalue weighted by molar-refractivity contribution is 4.87. The Kier molecular flexibility index (Phi) is 5.15. The normalized spacial score (nSPS) is 22.9. The van der Waals surface area contributed by atoms with Crippen LogP contribution >= 0.6 is 0 Å². The van der Waals surface area contributed by atoms with Crippen LogP contribution in [0.15, 0.2) is 12.2 Å². The van der Waals surface area contributed by atoms with Gasteiger partial charge in [-0.1, -0.05) is 12.2 Å². The fourth-order valence-corrected chi connectivity index (χ4v) is 1.68. The van der Waals surface area contributed by atoms with Gasteiger partial charge in [-0.25, -0.2) is 0 Å². The zero-order valence-electron chi connectivity index (χ0n) is 9.38. The summed E-state index contributed by atoms with van der Waals surface area (Å²) in [7, 11) is 2.17. The summed E-state index contributed by atoms with van der Waals surface area (Å²) in [5.41, 5.74) is 1.09. The van der Waals surface area contributed by atoms with Crippen molar-refractivity contribution in [2.24, 2.45) is 0 Å². The molecule has 1 rings (SSSR count). The van der Waals surface area contributed by atoms with Gasteiger partial charge in [0.15, 0.2) is 0 Å². The summed E-state index contributed by atoms with van der Waals surface area (Å²) < 4.78 is 5.41. The van der Waals surface area contributed by atoms with Crippen molar-refractivity contribution in [1.29, 1.82) is 0 Å². The molecule has 1 atom stereocenters.